The van der Waals surface area contributed by atoms with E-state index in [4.69, 9.17) is 4.74 Å². The number of ether oxygens (including phenoxy) is 1. The van der Waals surface area contributed by atoms with Gasteiger partial charge in [0.2, 0.25) is 5.90 Å². The molecule has 0 spiro atoms. The lowest BCUT2D eigenvalue weighted by Crippen LogP contribution is -2.02. The Morgan fingerprint density at radius 3 is 2.73 bits per heavy atom. The fourth-order valence-corrected chi connectivity index (χ4v) is 1.71. The first kappa shape index (κ1) is 8.29. The van der Waals surface area contributed by atoms with Gasteiger partial charge in [-0.1, -0.05) is 30.3 Å². The van der Waals surface area contributed by atoms with Gasteiger partial charge in [-0.15, -0.1) is 5.10 Å². The minimum Gasteiger partial charge on any atom is -0.454 e. The molecule has 15 heavy (non-hydrogen) atoms. The van der Waals surface area contributed by atoms with E-state index in [1.54, 1.807) is 0 Å². The Kier molecular flexibility index (Phi) is 1.81. The second-order valence-corrected chi connectivity index (χ2v) is 3.43. The highest BCUT2D eigenvalue weighted by atomic mass is 16.5. The van der Waals surface area contributed by atoms with Crippen molar-refractivity contribution in [2.75, 3.05) is 6.73 Å². The van der Waals surface area contributed by atoms with Gasteiger partial charge in [-0.05, 0) is 22.9 Å². The first-order valence-electron chi connectivity index (χ1n) is 4.86. The van der Waals surface area contributed by atoms with Gasteiger partial charge in [-0.3, -0.25) is 5.43 Å². The Morgan fingerprint density at radius 1 is 1.07 bits per heavy atom. The van der Waals surface area contributed by atoms with E-state index in [0.717, 1.165) is 5.56 Å². The van der Waals surface area contributed by atoms with E-state index in [-0.39, 0.29) is 0 Å². The number of hydrazone groups is 1. The summed E-state index contributed by atoms with van der Waals surface area (Å²) in [6.07, 6.45) is 0. The summed E-state index contributed by atoms with van der Waals surface area (Å²) in [5.74, 6) is 0.667. The van der Waals surface area contributed by atoms with Crippen molar-refractivity contribution in [1.82, 2.24) is 5.43 Å². The highest BCUT2D eigenvalue weighted by Crippen LogP contribution is 2.17. The molecule has 0 bridgehead atoms. The summed E-state index contributed by atoms with van der Waals surface area (Å²) in [6.45, 7) is 0.460. The van der Waals surface area contributed by atoms with Crippen LogP contribution in [0, 0.1) is 0 Å². The van der Waals surface area contributed by atoms with Gasteiger partial charge in [-0.25, -0.2) is 0 Å². The summed E-state index contributed by atoms with van der Waals surface area (Å²) in [6, 6.07) is 14.4. The molecule has 74 valence electrons. The molecule has 0 saturated heterocycles. The Labute approximate surface area is 87.4 Å². The number of rotatable bonds is 1. The minimum absolute atomic E-state index is 0.460. The molecule has 0 radical (unpaired) electrons. The van der Waals surface area contributed by atoms with E-state index in [9.17, 15) is 0 Å². The summed E-state index contributed by atoms with van der Waals surface area (Å²) >= 11 is 0. The molecule has 0 aromatic heterocycles. The molecule has 3 nitrogen and oxygen atoms in total. The molecule has 1 N–H and O–H groups in total. The van der Waals surface area contributed by atoms with Gasteiger partial charge in [0.25, 0.3) is 0 Å². The predicted octanol–water partition coefficient (Wildman–Crippen LogP) is 2.08. The van der Waals surface area contributed by atoms with Crippen molar-refractivity contribution in [2.45, 2.75) is 0 Å². The van der Waals surface area contributed by atoms with Crippen LogP contribution in [0.2, 0.25) is 0 Å². The van der Waals surface area contributed by atoms with Crippen LogP contribution in [0.4, 0.5) is 0 Å². The van der Waals surface area contributed by atoms with Crippen LogP contribution in [0.5, 0.6) is 0 Å². The molecular weight excluding hydrogens is 188 g/mol. The first-order chi connectivity index (χ1) is 7.43. The van der Waals surface area contributed by atoms with Crippen molar-refractivity contribution in [3.63, 3.8) is 0 Å². The highest BCUT2D eigenvalue weighted by Gasteiger charge is 2.09. The van der Waals surface area contributed by atoms with E-state index in [1.807, 2.05) is 18.2 Å². The van der Waals surface area contributed by atoms with Crippen LogP contribution < -0.4 is 5.43 Å². The number of fused-ring (bicyclic) bond motifs is 1. The van der Waals surface area contributed by atoms with Gasteiger partial charge in [0, 0.05) is 5.56 Å². The lowest BCUT2D eigenvalue weighted by Gasteiger charge is -2.02. The van der Waals surface area contributed by atoms with Crippen molar-refractivity contribution in [2.24, 2.45) is 5.10 Å². The van der Waals surface area contributed by atoms with Crippen LogP contribution in [-0.4, -0.2) is 12.6 Å². The van der Waals surface area contributed by atoms with E-state index >= 15 is 0 Å². The molecular formula is C12H10N2O. The Hall–Kier alpha value is -2.03. The molecule has 2 aromatic rings. The average molecular weight is 198 g/mol. The second kappa shape index (κ2) is 3.28. The Bertz CT molecular complexity index is 534. The summed E-state index contributed by atoms with van der Waals surface area (Å²) < 4.78 is 5.33. The monoisotopic (exact) mass is 198 g/mol. The third-order valence-corrected chi connectivity index (χ3v) is 2.45. The molecule has 0 atom stereocenters. The minimum atomic E-state index is 0.460. The normalized spacial score (nSPS) is 14.5. The van der Waals surface area contributed by atoms with Crippen LogP contribution >= 0.6 is 0 Å². The number of benzene rings is 2. The second-order valence-electron chi connectivity index (χ2n) is 3.43. The van der Waals surface area contributed by atoms with Crippen LogP contribution in [0.3, 0.4) is 0 Å². The van der Waals surface area contributed by atoms with Gasteiger partial charge in [0.1, 0.15) is 0 Å². The fourth-order valence-electron chi connectivity index (χ4n) is 1.71. The van der Waals surface area contributed by atoms with Gasteiger partial charge in [-0.2, -0.15) is 0 Å². The first-order valence-corrected chi connectivity index (χ1v) is 4.86. The number of hydrogen-bond acceptors (Lipinski definition) is 3. The lowest BCUT2D eigenvalue weighted by molar-refractivity contribution is 0.316. The van der Waals surface area contributed by atoms with Crippen molar-refractivity contribution in [1.29, 1.82) is 0 Å². The number of nitrogens with one attached hydrogen (secondary N) is 1. The van der Waals surface area contributed by atoms with Crippen LogP contribution in [0.1, 0.15) is 5.56 Å². The van der Waals surface area contributed by atoms with Crippen LogP contribution in [0.15, 0.2) is 47.6 Å². The third kappa shape index (κ3) is 1.42. The molecule has 1 aliphatic heterocycles. The molecule has 3 rings (SSSR count). The standard InChI is InChI=1S/C12H10N2O/c1-2-4-10-7-11(6-5-9(10)3-1)12-14-13-8-15-12/h1-7,13H,8H2. The average Bonchev–Trinajstić information content (AvgIpc) is 2.82. The maximum Gasteiger partial charge on any atom is 0.239 e. The van der Waals surface area contributed by atoms with Crippen molar-refractivity contribution < 1.29 is 4.74 Å². The summed E-state index contributed by atoms with van der Waals surface area (Å²) in [5.41, 5.74) is 3.80. The summed E-state index contributed by atoms with van der Waals surface area (Å²) in [4.78, 5) is 0. The summed E-state index contributed by atoms with van der Waals surface area (Å²) in [7, 11) is 0. The van der Waals surface area contributed by atoms with Crippen molar-refractivity contribution in [3.05, 3.63) is 48.0 Å². The topological polar surface area (TPSA) is 33.6 Å². The molecule has 0 amide bonds. The Morgan fingerprint density at radius 2 is 1.93 bits per heavy atom. The number of nitrogens with zero attached hydrogens (tertiary/aromatic N) is 1. The maximum atomic E-state index is 5.33. The zero-order valence-electron chi connectivity index (χ0n) is 8.10. The summed E-state index contributed by atoms with van der Waals surface area (Å²) in [5, 5.41) is 6.49. The molecule has 1 heterocycles. The van der Waals surface area contributed by atoms with Gasteiger partial charge in [0.05, 0.1) is 0 Å². The van der Waals surface area contributed by atoms with E-state index in [0.29, 0.717) is 12.6 Å². The van der Waals surface area contributed by atoms with Crippen molar-refractivity contribution >= 4 is 16.7 Å². The van der Waals surface area contributed by atoms with Gasteiger partial charge in [0.15, 0.2) is 6.73 Å². The quantitative estimate of drug-likeness (QED) is 0.761. The van der Waals surface area contributed by atoms with Crippen LogP contribution in [-0.2, 0) is 4.74 Å². The fraction of sp³-hybridized carbons (Fsp3) is 0.0833. The smallest absolute Gasteiger partial charge is 0.239 e. The van der Waals surface area contributed by atoms with E-state index in [1.165, 1.54) is 10.8 Å². The molecule has 1 aliphatic rings. The zero-order chi connectivity index (χ0) is 10.1. The van der Waals surface area contributed by atoms with Crippen LogP contribution in [0.25, 0.3) is 10.8 Å². The highest BCUT2D eigenvalue weighted by molar-refractivity contribution is 5.98. The molecule has 2 aromatic carbocycles. The maximum absolute atomic E-state index is 5.33. The van der Waals surface area contributed by atoms with Gasteiger partial charge < -0.3 is 4.74 Å². The third-order valence-electron chi connectivity index (χ3n) is 2.45. The molecule has 3 heteroatoms. The van der Waals surface area contributed by atoms with Crippen molar-refractivity contribution in [3.8, 4) is 0 Å². The van der Waals surface area contributed by atoms with Gasteiger partial charge >= 0.3 is 0 Å². The van der Waals surface area contributed by atoms with E-state index in [2.05, 4.69) is 34.8 Å². The zero-order valence-corrected chi connectivity index (χ0v) is 8.10. The largest absolute Gasteiger partial charge is 0.454 e. The molecule has 0 fully saturated rings. The molecule has 0 saturated carbocycles. The molecule has 0 unspecified atom stereocenters. The lowest BCUT2D eigenvalue weighted by atomic mass is 10.1. The number of hydrogen-bond donors (Lipinski definition) is 1. The Balaban J connectivity index is 2.13. The molecule has 0 aliphatic carbocycles. The SMILES string of the molecule is c1ccc2cc(C3=NNCO3)ccc2c1. The van der Waals surface area contributed by atoms with E-state index < -0.39 is 0 Å². The predicted molar refractivity (Wildman–Crippen MR) is 59.6 cm³/mol.